The number of aromatic nitrogens is 4. The molecule has 4 heterocycles. The van der Waals surface area contributed by atoms with Crippen molar-refractivity contribution >= 4 is 27.4 Å². The van der Waals surface area contributed by atoms with Crippen LogP contribution in [0.4, 0.5) is 11.5 Å². The summed E-state index contributed by atoms with van der Waals surface area (Å²) in [4.78, 5) is 22.6. The van der Waals surface area contributed by atoms with Gasteiger partial charge in [0.15, 0.2) is 5.82 Å². The zero-order valence-electron chi connectivity index (χ0n) is 18.5. The quantitative estimate of drug-likeness (QED) is 0.621. The van der Waals surface area contributed by atoms with E-state index in [9.17, 15) is 13.2 Å². The first-order valence-electron chi connectivity index (χ1n) is 10.8. The third kappa shape index (κ3) is 4.09. The van der Waals surface area contributed by atoms with Crippen molar-refractivity contribution in [2.75, 3.05) is 36.4 Å². The first-order chi connectivity index (χ1) is 15.8. The highest BCUT2D eigenvalue weighted by Crippen LogP contribution is 2.28. The number of hydrogen-bond donors (Lipinski definition) is 1. The van der Waals surface area contributed by atoms with E-state index < -0.39 is 10.0 Å². The molecule has 11 heteroatoms. The van der Waals surface area contributed by atoms with Gasteiger partial charge in [0.2, 0.25) is 15.9 Å². The Bertz CT molecular complexity index is 1330. The van der Waals surface area contributed by atoms with Crippen LogP contribution in [0.1, 0.15) is 23.4 Å². The molecule has 172 valence electrons. The number of sulfonamides is 1. The van der Waals surface area contributed by atoms with E-state index in [1.54, 1.807) is 22.9 Å². The molecule has 2 aromatic heterocycles. The number of nitrogens with one attached hydrogen (secondary N) is 1. The van der Waals surface area contributed by atoms with Crippen LogP contribution in [0, 0.1) is 13.8 Å². The lowest BCUT2D eigenvalue weighted by atomic mass is 10.0. The number of benzene rings is 1. The Morgan fingerprint density at radius 3 is 2.42 bits per heavy atom. The predicted molar refractivity (Wildman–Crippen MR) is 123 cm³/mol. The maximum atomic E-state index is 13.2. The Labute approximate surface area is 192 Å². The van der Waals surface area contributed by atoms with E-state index in [0.29, 0.717) is 50.5 Å². The van der Waals surface area contributed by atoms with Crippen molar-refractivity contribution in [3.8, 4) is 5.82 Å². The monoisotopic (exact) mass is 467 g/mol. The molecule has 1 saturated heterocycles. The Kier molecular flexibility index (Phi) is 5.37. The number of fused-ring (bicyclic) bond motifs is 1. The second-order valence-corrected chi connectivity index (χ2v) is 10.3. The van der Waals surface area contributed by atoms with Crippen LogP contribution in [-0.4, -0.2) is 64.6 Å². The van der Waals surface area contributed by atoms with Crippen LogP contribution in [0.25, 0.3) is 5.82 Å². The molecule has 0 spiro atoms. The average molecular weight is 468 g/mol. The largest absolute Gasteiger partial charge is 0.354 e. The van der Waals surface area contributed by atoms with Gasteiger partial charge >= 0.3 is 0 Å². The molecular formula is C22H25N7O3S. The summed E-state index contributed by atoms with van der Waals surface area (Å²) in [5.41, 5.74) is 3.44. The lowest BCUT2D eigenvalue weighted by molar-refractivity contribution is -0.116. The lowest BCUT2D eigenvalue weighted by Crippen LogP contribution is -2.49. The summed E-state index contributed by atoms with van der Waals surface area (Å²) in [6, 6.07) is 8.79. The second kappa shape index (κ2) is 8.23. The molecule has 2 aliphatic rings. The summed E-state index contributed by atoms with van der Waals surface area (Å²) in [6.45, 7) is 5.66. The fraction of sp³-hybridized carbons (Fsp3) is 0.364. The highest BCUT2D eigenvalue weighted by atomic mass is 32.2. The fourth-order valence-corrected chi connectivity index (χ4v) is 5.79. The Morgan fingerprint density at radius 2 is 1.70 bits per heavy atom. The summed E-state index contributed by atoms with van der Waals surface area (Å²) >= 11 is 0. The van der Waals surface area contributed by atoms with Gasteiger partial charge in [0.25, 0.3) is 0 Å². The van der Waals surface area contributed by atoms with E-state index in [0.717, 1.165) is 22.8 Å². The first-order valence-corrected chi connectivity index (χ1v) is 12.3. The maximum Gasteiger partial charge on any atom is 0.243 e. The summed E-state index contributed by atoms with van der Waals surface area (Å²) in [7, 11) is -3.62. The molecule has 5 rings (SSSR count). The van der Waals surface area contributed by atoms with Gasteiger partial charge < -0.3 is 10.2 Å². The van der Waals surface area contributed by atoms with Gasteiger partial charge in [-0.25, -0.2) is 23.1 Å². The standard InChI is InChI=1S/C22H25N7O3S/c1-15-11-16(2)29(26-15)21-13-20(23-14-24-21)27-7-9-28(10-8-27)33(31,32)18-4-5-19-17(12-18)3-6-22(30)25-19/h4-5,11-14H,3,6-10H2,1-2H3,(H,25,30). The summed E-state index contributed by atoms with van der Waals surface area (Å²) < 4.78 is 29.8. The molecule has 10 nitrogen and oxygen atoms in total. The number of rotatable bonds is 4. The van der Waals surface area contributed by atoms with Gasteiger partial charge in [0.05, 0.1) is 10.6 Å². The molecule has 1 N–H and O–H groups in total. The van der Waals surface area contributed by atoms with Crippen molar-refractivity contribution in [2.45, 2.75) is 31.6 Å². The highest BCUT2D eigenvalue weighted by Gasteiger charge is 2.30. The second-order valence-electron chi connectivity index (χ2n) is 8.33. The number of carbonyl (C=O) groups excluding carboxylic acids is 1. The molecule has 0 unspecified atom stereocenters. The summed E-state index contributed by atoms with van der Waals surface area (Å²) in [5.74, 6) is 1.39. The number of aryl methyl sites for hydroxylation is 3. The summed E-state index contributed by atoms with van der Waals surface area (Å²) in [5, 5.41) is 7.27. The smallest absolute Gasteiger partial charge is 0.243 e. The molecule has 3 aromatic rings. The van der Waals surface area contributed by atoms with Gasteiger partial charge in [-0.2, -0.15) is 9.40 Å². The molecule has 1 amide bonds. The van der Waals surface area contributed by atoms with Crippen LogP contribution in [0.2, 0.25) is 0 Å². The topological polar surface area (TPSA) is 113 Å². The predicted octanol–water partition coefficient (Wildman–Crippen LogP) is 1.67. The van der Waals surface area contributed by atoms with Crippen LogP contribution in [-0.2, 0) is 21.2 Å². The molecule has 0 radical (unpaired) electrons. The van der Waals surface area contributed by atoms with E-state index >= 15 is 0 Å². The van der Waals surface area contributed by atoms with Crippen LogP contribution in [0.15, 0.2) is 41.6 Å². The molecule has 1 fully saturated rings. The number of amides is 1. The fourth-order valence-electron chi connectivity index (χ4n) is 4.31. The van der Waals surface area contributed by atoms with Crippen LogP contribution >= 0.6 is 0 Å². The average Bonchev–Trinajstić information content (AvgIpc) is 3.16. The zero-order valence-corrected chi connectivity index (χ0v) is 19.3. The lowest BCUT2D eigenvalue weighted by Gasteiger charge is -2.34. The van der Waals surface area contributed by atoms with Crippen molar-refractivity contribution in [3.63, 3.8) is 0 Å². The molecular weight excluding hydrogens is 442 g/mol. The van der Waals surface area contributed by atoms with Gasteiger partial charge in [-0.1, -0.05) is 0 Å². The van der Waals surface area contributed by atoms with Crippen molar-refractivity contribution in [1.29, 1.82) is 0 Å². The van der Waals surface area contributed by atoms with Gasteiger partial charge in [-0.3, -0.25) is 4.79 Å². The molecule has 0 atom stereocenters. The van der Waals surface area contributed by atoms with Crippen molar-refractivity contribution in [2.24, 2.45) is 0 Å². The van der Waals surface area contributed by atoms with Crippen LogP contribution < -0.4 is 10.2 Å². The minimum atomic E-state index is -3.62. The third-order valence-electron chi connectivity index (χ3n) is 6.04. The van der Waals surface area contributed by atoms with Gasteiger partial charge in [0, 0.05) is 50.0 Å². The molecule has 0 saturated carbocycles. The van der Waals surface area contributed by atoms with Crippen molar-refractivity contribution < 1.29 is 13.2 Å². The minimum absolute atomic E-state index is 0.0417. The Morgan fingerprint density at radius 1 is 0.939 bits per heavy atom. The van der Waals surface area contributed by atoms with Gasteiger partial charge in [-0.15, -0.1) is 0 Å². The normalized spacial score (nSPS) is 17.0. The molecule has 1 aromatic carbocycles. The van der Waals surface area contributed by atoms with E-state index in [2.05, 4.69) is 25.3 Å². The number of nitrogens with zero attached hydrogens (tertiary/aromatic N) is 6. The van der Waals surface area contributed by atoms with E-state index in [1.807, 2.05) is 26.0 Å². The molecule has 2 aliphatic heterocycles. The number of anilines is 2. The zero-order chi connectivity index (χ0) is 23.2. The third-order valence-corrected chi connectivity index (χ3v) is 7.93. The van der Waals surface area contributed by atoms with Crippen LogP contribution in [0.3, 0.4) is 0 Å². The van der Waals surface area contributed by atoms with Crippen molar-refractivity contribution in [3.05, 3.63) is 53.6 Å². The van der Waals surface area contributed by atoms with E-state index in [4.69, 9.17) is 0 Å². The van der Waals surface area contributed by atoms with Crippen LogP contribution in [0.5, 0.6) is 0 Å². The first kappa shape index (κ1) is 21.5. The number of hydrogen-bond acceptors (Lipinski definition) is 7. The summed E-state index contributed by atoms with van der Waals surface area (Å²) in [6.07, 6.45) is 2.42. The number of carbonyl (C=O) groups is 1. The molecule has 0 bridgehead atoms. The number of piperazine rings is 1. The maximum absolute atomic E-state index is 13.2. The Balaban J connectivity index is 1.31. The minimum Gasteiger partial charge on any atom is -0.354 e. The van der Waals surface area contributed by atoms with Gasteiger partial charge in [-0.05, 0) is 50.1 Å². The Hall–Kier alpha value is -3.31. The van der Waals surface area contributed by atoms with Crippen molar-refractivity contribution in [1.82, 2.24) is 24.1 Å². The van der Waals surface area contributed by atoms with E-state index in [1.165, 1.54) is 10.6 Å². The van der Waals surface area contributed by atoms with E-state index in [-0.39, 0.29) is 10.8 Å². The molecule has 33 heavy (non-hydrogen) atoms. The molecule has 0 aliphatic carbocycles. The highest BCUT2D eigenvalue weighted by molar-refractivity contribution is 7.89. The SMILES string of the molecule is Cc1cc(C)n(-c2cc(N3CCN(S(=O)(=O)c4ccc5c(c4)CCC(=O)N5)CC3)ncn2)n1. The van der Waals surface area contributed by atoms with Gasteiger partial charge in [0.1, 0.15) is 12.1 Å².